The molecule has 0 radical (unpaired) electrons. The summed E-state index contributed by atoms with van der Waals surface area (Å²) >= 11 is 0. The van der Waals surface area contributed by atoms with E-state index in [2.05, 4.69) is 72.6 Å². The van der Waals surface area contributed by atoms with Crippen LogP contribution in [0, 0.1) is 11.8 Å². The van der Waals surface area contributed by atoms with Crippen LogP contribution in [0.2, 0.25) is 0 Å². The molecule has 2 aromatic rings. The molecule has 0 saturated carbocycles. The SMILES string of the molecule is CN1CCC([C@@H]2COC2(c2ccccc2)c2ccccc2)CC1. The molecule has 2 heteroatoms. The molecule has 2 aliphatic rings. The second kappa shape index (κ2) is 6.10. The molecule has 120 valence electrons. The third-order valence-corrected chi connectivity index (χ3v) is 5.75. The van der Waals surface area contributed by atoms with Crippen LogP contribution in [0.15, 0.2) is 60.7 Å². The van der Waals surface area contributed by atoms with Crippen LogP contribution in [-0.4, -0.2) is 31.6 Å². The fraction of sp³-hybridized carbons (Fsp3) is 0.429. The first kappa shape index (κ1) is 14.9. The maximum atomic E-state index is 6.37. The van der Waals surface area contributed by atoms with Crippen molar-refractivity contribution < 1.29 is 4.74 Å². The predicted molar refractivity (Wildman–Crippen MR) is 93.3 cm³/mol. The van der Waals surface area contributed by atoms with E-state index in [-0.39, 0.29) is 5.60 Å². The van der Waals surface area contributed by atoms with E-state index in [1.54, 1.807) is 0 Å². The summed E-state index contributed by atoms with van der Waals surface area (Å²) < 4.78 is 6.37. The van der Waals surface area contributed by atoms with Gasteiger partial charge in [0.1, 0.15) is 5.60 Å². The third-order valence-electron chi connectivity index (χ3n) is 5.75. The van der Waals surface area contributed by atoms with Gasteiger partial charge in [-0.25, -0.2) is 0 Å². The number of hydrogen-bond acceptors (Lipinski definition) is 2. The quantitative estimate of drug-likeness (QED) is 0.852. The summed E-state index contributed by atoms with van der Waals surface area (Å²) in [6, 6.07) is 21.6. The summed E-state index contributed by atoms with van der Waals surface area (Å²) in [5.74, 6) is 1.33. The van der Waals surface area contributed by atoms with Crippen molar-refractivity contribution in [1.82, 2.24) is 4.90 Å². The first-order chi connectivity index (χ1) is 11.3. The van der Waals surface area contributed by atoms with Crippen molar-refractivity contribution >= 4 is 0 Å². The zero-order valence-electron chi connectivity index (χ0n) is 13.8. The average molecular weight is 307 g/mol. The minimum absolute atomic E-state index is 0.247. The van der Waals surface area contributed by atoms with E-state index in [1.165, 1.54) is 37.1 Å². The van der Waals surface area contributed by atoms with Crippen molar-refractivity contribution in [2.24, 2.45) is 11.8 Å². The predicted octanol–water partition coefficient (Wildman–Crippen LogP) is 3.92. The van der Waals surface area contributed by atoms with Crippen LogP contribution < -0.4 is 0 Å². The fourth-order valence-electron chi connectivity index (χ4n) is 4.38. The highest BCUT2D eigenvalue weighted by molar-refractivity contribution is 5.40. The van der Waals surface area contributed by atoms with Crippen LogP contribution in [0.4, 0.5) is 0 Å². The van der Waals surface area contributed by atoms with Crippen LogP contribution in [-0.2, 0) is 10.3 Å². The Balaban J connectivity index is 1.72. The molecule has 0 aromatic heterocycles. The van der Waals surface area contributed by atoms with E-state index in [9.17, 15) is 0 Å². The summed E-state index contributed by atoms with van der Waals surface area (Å²) in [7, 11) is 2.23. The molecule has 0 bridgehead atoms. The van der Waals surface area contributed by atoms with Crippen molar-refractivity contribution in [1.29, 1.82) is 0 Å². The Kier molecular flexibility index (Phi) is 3.96. The van der Waals surface area contributed by atoms with E-state index < -0.39 is 0 Å². The summed E-state index contributed by atoms with van der Waals surface area (Å²) in [6.07, 6.45) is 2.57. The molecule has 0 unspecified atom stereocenters. The van der Waals surface area contributed by atoms with Gasteiger partial charge in [-0.15, -0.1) is 0 Å². The maximum absolute atomic E-state index is 6.37. The second-order valence-corrected chi connectivity index (χ2v) is 7.03. The highest BCUT2D eigenvalue weighted by Crippen LogP contribution is 2.52. The maximum Gasteiger partial charge on any atom is 0.123 e. The Morgan fingerprint density at radius 2 is 1.39 bits per heavy atom. The molecule has 0 aliphatic carbocycles. The van der Waals surface area contributed by atoms with E-state index in [4.69, 9.17) is 4.74 Å². The van der Waals surface area contributed by atoms with Gasteiger partial charge in [-0.2, -0.15) is 0 Å². The largest absolute Gasteiger partial charge is 0.365 e. The molecule has 2 nitrogen and oxygen atoms in total. The van der Waals surface area contributed by atoms with Crippen LogP contribution in [0.25, 0.3) is 0 Å². The number of ether oxygens (including phenoxy) is 1. The lowest BCUT2D eigenvalue weighted by Gasteiger charge is -2.54. The van der Waals surface area contributed by atoms with E-state index >= 15 is 0 Å². The van der Waals surface area contributed by atoms with Gasteiger partial charge in [0.05, 0.1) is 6.61 Å². The summed E-state index contributed by atoms with van der Waals surface area (Å²) in [5.41, 5.74) is 2.37. The Morgan fingerprint density at radius 1 is 0.870 bits per heavy atom. The van der Waals surface area contributed by atoms with E-state index in [0.717, 1.165) is 12.5 Å². The highest BCUT2D eigenvalue weighted by atomic mass is 16.5. The van der Waals surface area contributed by atoms with E-state index in [0.29, 0.717) is 5.92 Å². The molecule has 0 spiro atoms. The molecule has 0 amide bonds. The molecule has 2 heterocycles. The zero-order chi connectivity index (χ0) is 15.7. The smallest absolute Gasteiger partial charge is 0.123 e. The topological polar surface area (TPSA) is 12.5 Å². The summed E-state index contributed by atoms with van der Waals surface area (Å²) in [4.78, 5) is 2.45. The molecular weight excluding hydrogens is 282 g/mol. The molecule has 23 heavy (non-hydrogen) atoms. The minimum Gasteiger partial charge on any atom is -0.365 e. The molecule has 2 aromatic carbocycles. The Bertz CT molecular complexity index is 592. The van der Waals surface area contributed by atoms with Crippen molar-refractivity contribution in [2.45, 2.75) is 18.4 Å². The Morgan fingerprint density at radius 3 is 1.83 bits per heavy atom. The summed E-state index contributed by atoms with van der Waals surface area (Å²) in [5, 5.41) is 0. The normalized spacial score (nSPS) is 25.0. The van der Waals surface area contributed by atoms with Gasteiger partial charge in [0.15, 0.2) is 0 Å². The van der Waals surface area contributed by atoms with Gasteiger partial charge >= 0.3 is 0 Å². The van der Waals surface area contributed by atoms with Gasteiger partial charge < -0.3 is 9.64 Å². The van der Waals surface area contributed by atoms with Gasteiger partial charge in [-0.3, -0.25) is 0 Å². The first-order valence-corrected chi connectivity index (χ1v) is 8.74. The fourth-order valence-corrected chi connectivity index (χ4v) is 4.38. The molecule has 0 N–H and O–H groups in total. The lowest BCUT2D eigenvalue weighted by atomic mass is 9.65. The van der Waals surface area contributed by atoms with Crippen LogP contribution in [0.1, 0.15) is 24.0 Å². The Labute approximate surface area is 139 Å². The minimum atomic E-state index is -0.247. The zero-order valence-corrected chi connectivity index (χ0v) is 13.8. The number of nitrogens with zero attached hydrogens (tertiary/aromatic N) is 1. The van der Waals surface area contributed by atoms with Crippen LogP contribution >= 0.6 is 0 Å². The molecule has 2 aliphatic heterocycles. The monoisotopic (exact) mass is 307 g/mol. The summed E-state index contributed by atoms with van der Waals surface area (Å²) in [6.45, 7) is 3.31. The van der Waals surface area contributed by atoms with Crippen molar-refractivity contribution in [3.05, 3.63) is 71.8 Å². The molecule has 1 atom stereocenters. The number of rotatable bonds is 3. The number of likely N-dealkylation sites (tertiary alicyclic amines) is 1. The van der Waals surface area contributed by atoms with Crippen molar-refractivity contribution in [3.63, 3.8) is 0 Å². The lowest BCUT2D eigenvalue weighted by molar-refractivity contribution is -0.209. The van der Waals surface area contributed by atoms with Crippen LogP contribution in [0.3, 0.4) is 0 Å². The van der Waals surface area contributed by atoms with Crippen LogP contribution in [0.5, 0.6) is 0 Å². The van der Waals surface area contributed by atoms with Crippen molar-refractivity contribution in [3.8, 4) is 0 Å². The highest BCUT2D eigenvalue weighted by Gasteiger charge is 2.54. The van der Waals surface area contributed by atoms with Gasteiger partial charge in [-0.1, -0.05) is 60.7 Å². The third kappa shape index (κ3) is 2.50. The van der Waals surface area contributed by atoms with Gasteiger partial charge in [0, 0.05) is 5.92 Å². The number of piperidine rings is 1. The first-order valence-electron chi connectivity index (χ1n) is 8.74. The molecular formula is C21H25NO. The molecule has 2 saturated heterocycles. The second-order valence-electron chi connectivity index (χ2n) is 7.03. The lowest BCUT2D eigenvalue weighted by Crippen LogP contribution is -2.56. The van der Waals surface area contributed by atoms with E-state index in [1.807, 2.05) is 0 Å². The molecule has 2 fully saturated rings. The molecule has 4 rings (SSSR count). The van der Waals surface area contributed by atoms with Gasteiger partial charge in [0.25, 0.3) is 0 Å². The van der Waals surface area contributed by atoms with Gasteiger partial charge in [0.2, 0.25) is 0 Å². The van der Waals surface area contributed by atoms with Gasteiger partial charge in [-0.05, 0) is 50.0 Å². The number of benzene rings is 2. The average Bonchev–Trinajstić information content (AvgIpc) is 2.58. The number of hydrogen-bond donors (Lipinski definition) is 0. The van der Waals surface area contributed by atoms with Crippen molar-refractivity contribution in [2.75, 3.05) is 26.7 Å². The standard InChI is InChI=1S/C21H25NO/c1-22-14-12-17(13-15-22)20-16-23-21(20,18-8-4-2-5-9-18)19-10-6-3-7-11-19/h2-11,17,20H,12-16H2,1H3/t20-/m0/s1. The Hall–Kier alpha value is -1.64.